The number of nitriles is 1. The lowest BCUT2D eigenvalue weighted by atomic mass is 10.00. The predicted molar refractivity (Wildman–Crippen MR) is 101 cm³/mol. The first kappa shape index (κ1) is 18.6. The van der Waals surface area contributed by atoms with Gasteiger partial charge in [-0.1, -0.05) is 48.9 Å². The average Bonchev–Trinajstić information content (AvgIpc) is 3.32. The van der Waals surface area contributed by atoms with E-state index in [2.05, 4.69) is 13.0 Å². The van der Waals surface area contributed by atoms with Crippen molar-refractivity contribution >= 4 is 9.84 Å². The molecule has 4 nitrogen and oxygen atoms in total. The summed E-state index contributed by atoms with van der Waals surface area (Å²) in [6.07, 6.45) is 0.914. The fraction of sp³-hybridized carbons (Fsp3) is 0.381. The van der Waals surface area contributed by atoms with Gasteiger partial charge in [0, 0.05) is 13.0 Å². The molecule has 2 aromatic carbocycles. The highest BCUT2D eigenvalue weighted by Gasteiger charge is 2.72. The van der Waals surface area contributed by atoms with Gasteiger partial charge >= 0.3 is 0 Å². The van der Waals surface area contributed by atoms with Gasteiger partial charge in [0.25, 0.3) is 0 Å². The van der Waals surface area contributed by atoms with E-state index in [0.29, 0.717) is 0 Å². The zero-order valence-corrected chi connectivity index (χ0v) is 16.1. The van der Waals surface area contributed by atoms with Crippen LogP contribution in [0.5, 0.6) is 0 Å². The van der Waals surface area contributed by atoms with E-state index in [1.165, 1.54) is 12.7 Å². The highest BCUT2D eigenvalue weighted by molar-refractivity contribution is 7.92. The molecule has 0 aromatic heterocycles. The molecule has 0 spiro atoms. The van der Waals surface area contributed by atoms with E-state index in [0.717, 1.165) is 17.5 Å². The summed E-state index contributed by atoms with van der Waals surface area (Å²) in [6, 6.07) is 16.9. The number of ether oxygens (including phenoxy) is 1. The Kier molecular flexibility index (Phi) is 4.92. The zero-order valence-electron chi connectivity index (χ0n) is 15.3. The van der Waals surface area contributed by atoms with Gasteiger partial charge in [0.05, 0.1) is 22.8 Å². The van der Waals surface area contributed by atoms with Crippen LogP contribution in [0.4, 0.5) is 0 Å². The molecule has 0 amide bonds. The second-order valence-corrected chi connectivity index (χ2v) is 9.01. The maximum Gasteiger partial charge on any atom is 0.183 e. The Labute approximate surface area is 155 Å². The molecule has 0 aliphatic heterocycles. The summed E-state index contributed by atoms with van der Waals surface area (Å²) in [4.78, 5) is 0.261. The maximum atomic E-state index is 13.3. The van der Waals surface area contributed by atoms with Crippen molar-refractivity contribution in [1.82, 2.24) is 0 Å². The average molecular weight is 369 g/mol. The van der Waals surface area contributed by atoms with Crippen molar-refractivity contribution in [3.8, 4) is 6.07 Å². The lowest BCUT2D eigenvalue weighted by molar-refractivity contribution is 0.162. The van der Waals surface area contributed by atoms with Crippen LogP contribution in [-0.4, -0.2) is 27.4 Å². The standard InChI is InChI=1S/C21H23NO3S/c1-4-16-7-9-17(10-8-16)19-20(21(19,13-22)14-25-3)26(23,24)18-11-5-15(2)6-12-18/h5-12,19-20H,4,14H2,1-3H3/t19-,20+,21-/m1/s1. The van der Waals surface area contributed by atoms with E-state index in [4.69, 9.17) is 4.74 Å². The van der Waals surface area contributed by atoms with Crippen molar-refractivity contribution in [2.24, 2.45) is 5.41 Å². The third-order valence-electron chi connectivity index (χ3n) is 5.28. The summed E-state index contributed by atoms with van der Waals surface area (Å²) in [5.74, 6) is -0.385. The van der Waals surface area contributed by atoms with Crippen molar-refractivity contribution in [3.05, 3.63) is 65.2 Å². The van der Waals surface area contributed by atoms with Crippen LogP contribution in [0.15, 0.2) is 53.4 Å². The Bertz CT molecular complexity index is 927. The summed E-state index contributed by atoms with van der Waals surface area (Å²) in [6.45, 7) is 4.08. The van der Waals surface area contributed by atoms with E-state index in [-0.39, 0.29) is 17.4 Å². The van der Waals surface area contributed by atoms with Gasteiger partial charge in [0.2, 0.25) is 0 Å². The normalized spacial score (nSPS) is 24.8. The number of methoxy groups -OCH3 is 1. The van der Waals surface area contributed by atoms with Gasteiger partial charge in [-0.15, -0.1) is 0 Å². The largest absolute Gasteiger partial charge is 0.383 e. The molecule has 1 saturated carbocycles. The van der Waals surface area contributed by atoms with E-state index < -0.39 is 20.5 Å². The molecule has 5 heteroatoms. The van der Waals surface area contributed by atoms with E-state index in [1.54, 1.807) is 24.3 Å². The minimum Gasteiger partial charge on any atom is -0.383 e. The lowest BCUT2D eigenvalue weighted by Gasteiger charge is -2.08. The summed E-state index contributed by atoms with van der Waals surface area (Å²) < 4.78 is 31.8. The molecule has 0 heterocycles. The van der Waals surface area contributed by atoms with Gasteiger partial charge in [0.1, 0.15) is 5.41 Å². The van der Waals surface area contributed by atoms with Gasteiger partial charge < -0.3 is 4.74 Å². The molecule has 1 aliphatic rings. The van der Waals surface area contributed by atoms with Crippen molar-refractivity contribution < 1.29 is 13.2 Å². The number of nitrogens with zero attached hydrogens (tertiary/aromatic N) is 1. The second kappa shape index (κ2) is 6.86. The zero-order chi connectivity index (χ0) is 18.9. The van der Waals surface area contributed by atoms with E-state index in [9.17, 15) is 13.7 Å². The SMILES string of the molecule is CCc1ccc([C@@H]2[C@H](S(=O)(=O)c3ccc(C)cc3)[C@]2(C#N)COC)cc1. The van der Waals surface area contributed by atoms with Crippen LogP contribution >= 0.6 is 0 Å². The van der Waals surface area contributed by atoms with Crippen LogP contribution < -0.4 is 0 Å². The third kappa shape index (κ3) is 2.94. The topological polar surface area (TPSA) is 67.2 Å². The molecule has 1 fully saturated rings. The van der Waals surface area contributed by atoms with Gasteiger partial charge in [-0.3, -0.25) is 0 Å². The number of hydrogen-bond acceptors (Lipinski definition) is 4. The predicted octanol–water partition coefficient (Wildman–Crippen LogP) is 3.65. The molecule has 1 aliphatic carbocycles. The van der Waals surface area contributed by atoms with Crippen molar-refractivity contribution in [1.29, 1.82) is 5.26 Å². The quantitative estimate of drug-likeness (QED) is 0.779. The van der Waals surface area contributed by atoms with Gasteiger partial charge in [0.15, 0.2) is 9.84 Å². The van der Waals surface area contributed by atoms with Crippen LogP contribution in [0.3, 0.4) is 0 Å². The molecule has 0 saturated heterocycles. The minimum absolute atomic E-state index is 0.0967. The minimum atomic E-state index is -3.64. The molecule has 2 aromatic rings. The molecule has 0 N–H and O–H groups in total. The fourth-order valence-electron chi connectivity index (χ4n) is 3.74. The maximum absolute atomic E-state index is 13.3. The highest BCUT2D eigenvalue weighted by atomic mass is 32.2. The van der Waals surface area contributed by atoms with Crippen molar-refractivity contribution in [3.63, 3.8) is 0 Å². The first-order valence-corrected chi connectivity index (χ1v) is 10.2. The number of rotatable bonds is 6. The Balaban J connectivity index is 2.05. The van der Waals surface area contributed by atoms with Gasteiger partial charge in [-0.2, -0.15) is 5.26 Å². The monoisotopic (exact) mass is 369 g/mol. The smallest absolute Gasteiger partial charge is 0.183 e. The molecule has 3 atom stereocenters. The molecule has 0 unspecified atom stereocenters. The highest BCUT2D eigenvalue weighted by Crippen LogP contribution is 2.63. The lowest BCUT2D eigenvalue weighted by Crippen LogP contribution is -2.19. The van der Waals surface area contributed by atoms with Crippen molar-refractivity contribution in [2.75, 3.05) is 13.7 Å². The molecular formula is C21H23NO3S. The van der Waals surface area contributed by atoms with Crippen molar-refractivity contribution in [2.45, 2.75) is 36.3 Å². The summed E-state index contributed by atoms with van der Waals surface area (Å²) >= 11 is 0. The van der Waals surface area contributed by atoms with Crippen LogP contribution in [0, 0.1) is 23.7 Å². The summed E-state index contributed by atoms with van der Waals surface area (Å²) in [5, 5.41) is 9.05. The van der Waals surface area contributed by atoms with Crippen LogP contribution in [0.25, 0.3) is 0 Å². The van der Waals surface area contributed by atoms with Gasteiger partial charge in [-0.05, 0) is 36.6 Å². The van der Waals surface area contributed by atoms with E-state index in [1.807, 2.05) is 31.2 Å². The fourth-order valence-corrected chi connectivity index (χ4v) is 6.05. The molecule has 26 heavy (non-hydrogen) atoms. The molecule has 136 valence electrons. The molecule has 3 rings (SSSR count). The molecule has 0 bridgehead atoms. The third-order valence-corrected chi connectivity index (χ3v) is 7.57. The molecule has 0 radical (unpaired) electrons. The summed E-state index contributed by atoms with van der Waals surface area (Å²) in [5.41, 5.74) is 2.00. The van der Waals surface area contributed by atoms with Gasteiger partial charge in [-0.25, -0.2) is 8.42 Å². The Morgan fingerprint density at radius 1 is 1.12 bits per heavy atom. The number of sulfone groups is 1. The number of hydrogen-bond donors (Lipinski definition) is 0. The van der Waals surface area contributed by atoms with Crippen LogP contribution in [0.2, 0.25) is 0 Å². The number of aryl methyl sites for hydroxylation is 2. The van der Waals surface area contributed by atoms with Crippen LogP contribution in [0.1, 0.15) is 29.5 Å². The Hall–Kier alpha value is -2.16. The van der Waals surface area contributed by atoms with E-state index >= 15 is 0 Å². The summed E-state index contributed by atoms with van der Waals surface area (Å²) in [7, 11) is -2.14. The second-order valence-electron chi connectivity index (χ2n) is 6.94. The first-order chi connectivity index (χ1) is 12.4. The number of benzene rings is 2. The van der Waals surface area contributed by atoms with Crippen LogP contribution in [-0.2, 0) is 21.0 Å². The Morgan fingerprint density at radius 3 is 2.23 bits per heavy atom. The molecular weight excluding hydrogens is 346 g/mol. The first-order valence-electron chi connectivity index (χ1n) is 8.70. The Morgan fingerprint density at radius 2 is 1.73 bits per heavy atom.